The van der Waals surface area contributed by atoms with Crippen LogP contribution in [-0.4, -0.2) is 0 Å². The molecule has 0 amide bonds. The molecule has 2 nitrogen and oxygen atoms in total. The van der Waals surface area contributed by atoms with E-state index in [0.717, 1.165) is 6.42 Å². The Balaban J connectivity index is 1.83. The number of fused-ring (bicyclic) bond motifs is 1. The summed E-state index contributed by atoms with van der Waals surface area (Å²) in [5, 5.41) is 0. The van der Waals surface area contributed by atoms with Crippen LogP contribution >= 0.6 is 0 Å². The molecule has 20 heavy (non-hydrogen) atoms. The van der Waals surface area contributed by atoms with E-state index in [4.69, 9.17) is 5.84 Å². The van der Waals surface area contributed by atoms with Gasteiger partial charge in [-0.25, -0.2) is 0 Å². The Morgan fingerprint density at radius 2 is 1.80 bits per heavy atom. The number of hydrogen-bond donors (Lipinski definition) is 2. The highest BCUT2D eigenvalue weighted by Gasteiger charge is 2.29. The van der Waals surface area contributed by atoms with Crippen LogP contribution in [0.5, 0.6) is 0 Å². The summed E-state index contributed by atoms with van der Waals surface area (Å²) in [6, 6.07) is 15.4. The molecule has 3 rings (SSSR count). The van der Waals surface area contributed by atoms with E-state index in [1.54, 1.807) is 0 Å². The topological polar surface area (TPSA) is 38.0 Å². The number of aryl methyl sites for hydroxylation is 2. The molecule has 104 valence electrons. The Labute approximate surface area is 121 Å². The minimum absolute atomic E-state index is 0.231. The predicted octanol–water partition coefficient (Wildman–Crippen LogP) is 3.54. The van der Waals surface area contributed by atoms with Gasteiger partial charge < -0.3 is 0 Å². The van der Waals surface area contributed by atoms with Crippen LogP contribution in [-0.2, 0) is 6.42 Å². The lowest BCUT2D eigenvalue weighted by Gasteiger charge is -2.33. The molecule has 0 aromatic heterocycles. The second-order valence-electron chi connectivity index (χ2n) is 5.86. The molecule has 2 heteroatoms. The first kappa shape index (κ1) is 13.3. The summed E-state index contributed by atoms with van der Waals surface area (Å²) in [7, 11) is 0. The summed E-state index contributed by atoms with van der Waals surface area (Å²) in [6.07, 6.45) is 2.25. The molecule has 2 aromatic rings. The van der Waals surface area contributed by atoms with Crippen molar-refractivity contribution in [2.45, 2.75) is 38.6 Å². The van der Waals surface area contributed by atoms with Crippen molar-refractivity contribution in [1.82, 2.24) is 5.43 Å². The fourth-order valence-electron chi connectivity index (χ4n) is 3.50. The molecule has 0 heterocycles. The largest absolute Gasteiger partial charge is 0.271 e. The molecule has 2 aromatic carbocycles. The number of rotatable bonds is 4. The van der Waals surface area contributed by atoms with E-state index in [1.807, 2.05) is 0 Å². The number of nitrogens with two attached hydrogens (primary N) is 1. The second-order valence-corrected chi connectivity index (χ2v) is 5.86. The first-order chi connectivity index (χ1) is 9.70. The standard InChI is InChI=1S/C18H22N2/c1-12-6-5-7-13(2)18(12)17(20-19)11-15-10-14-8-3-4-9-16(14)15/h3-9,15,17,20H,10-11,19H2,1-2H3. The Bertz CT molecular complexity index is 598. The molecule has 3 N–H and O–H groups in total. The van der Waals surface area contributed by atoms with Gasteiger partial charge in [0.1, 0.15) is 0 Å². The van der Waals surface area contributed by atoms with Crippen LogP contribution in [0.15, 0.2) is 42.5 Å². The minimum atomic E-state index is 0.231. The van der Waals surface area contributed by atoms with Crippen LogP contribution in [0.2, 0.25) is 0 Å². The van der Waals surface area contributed by atoms with Crippen molar-refractivity contribution >= 4 is 0 Å². The zero-order valence-electron chi connectivity index (χ0n) is 12.2. The summed E-state index contributed by atoms with van der Waals surface area (Å²) in [6.45, 7) is 4.34. The van der Waals surface area contributed by atoms with Gasteiger partial charge in [-0.1, -0.05) is 42.5 Å². The highest BCUT2D eigenvalue weighted by molar-refractivity contribution is 5.42. The maximum Gasteiger partial charge on any atom is 0.0471 e. The molecule has 1 aliphatic carbocycles. The van der Waals surface area contributed by atoms with E-state index in [1.165, 1.54) is 34.2 Å². The van der Waals surface area contributed by atoms with Gasteiger partial charge in [0.25, 0.3) is 0 Å². The molecule has 0 saturated heterocycles. The van der Waals surface area contributed by atoms with Crippen LogP contribution in [0, 0.1) is 13.8 Å². The fraction of sp³-hybridized carbons (Fsp3) is 0.333. The highest BCUT2D eigenvalue weighted by Crippen LogP contribution is 2.41. The first-order valence-electron chi connectivity index (χ1n) is 7.30. The van der Waals surface area contributed by atoms with Gasteiger partial charge in [-0.05, 0) is 60.4 Å². The average Bonchev–Trinajstić information content (AvgIpc) is 2.42. The van der Waals surface area contributed by atoms with Gasteiger partial charge >= 0.3 is 0 Å². The summed E-state index contributed by atoms with van der Waals surface area (Å²) in [5.41, 5.74) is 10.0. The summed E-state index contributed by atoms with van der Waals surface area (Å²) in [4.78, 5) is 0. The predicted molar refractivity (Wildman–Crippen MR) is 83.5 cm³/mol. The van der Waals surface area contributed by atoms with E-state index in [0.29, 0.717) is 5.92 Å². The lowest BCUT2D eigenvalue weighted by molar-refractivity contribution is 0.433. The lowest BCUT2D eigenvalue weighted by atomic mass is 9.73. The van der Waals surface area contributed by atoms with Crippen molar-refractivity contribution < 1.29 is 0 Å². The number of benzene rings is 2. The SMILES string of the molecule is Cc1cccc(C)c1C(CC1Cc2ccccc21)NN. The molecule has 0 spiro atoms. The quantitative estimate of drug-likeness (QED) is 0.656. The molecule has 1 aliphatic rings. The van der Waals surface area contributed by atoms with Gasteiger partial charge in [0, 0.05) is 6.04 Å². The number of hydrogen-bond acceptors (Lipinski definition) is 2. The van der Waals surface area contributed by atoms with Gasteiger partial charge in [-0.2, -0.15) is 0 Å². The van der Waals surface area contributed by atoms with E-state index in [2.05, 4.69) is 61.7 Å². The van der Waals surface area contributed by atoms with Crippen molar-refractivity contribution in [3.8, 4) is 0 Å². The van der Waals surface area contributed by atoms with E-state index < -0.39 is 0 Å². The Morgan fingerprint density at radius 3 is 2.45 bits per heavy atom. The molecule has 0 radical (unpaired) electrons. The third kappa shape index (κ3) is 2.26. The molecule has 0 bridgehead atoms. The van der Waals surface area contributed by atoms with Gasteiger partial charge in [-0.15, -0.1) is 0 Å². The van der Waals surface area contributed by atoms with Gasteiger partial charge in [0.05, 0.1) is 0 Å². The van der Waals surface area contributed by atoms with E-state index in [9.17, 15) is 0 Å². The Kier molecular flexibility index (Phi) is 3.60. The summed E-state index contributed by atoms with van der Waals surface area (Å²) in [5.74, 6) is 6.47. The van der Waals surface area contributed by atoms with Crippen molar-refractivity contribution in [1.29, 1.82) is 0 Å². The van der Waals surface area contributed by atoms with Gasteiger partial charge in [0.15, 0.2) is 0 Å². The average molecular weight is 266 g/mol. The Hall–Kier alpha value is -1.64. The van der Waals surface area contributed by atoms with Crippen LogP contribution in [0.25, 0.3) is 0 Å². The molecule has 0 fully saturated rings. The second kappa shape index (κ2) is 5.39. The van der Waals surface area contributed by atoms with Crippen molar-refractivity contribution in [3.05, 3.63) is 70.3 Å². The number of nitrogens with one attached hydrogen (secondary N) is 1. The van der Waals surface area contributed by atoms with Crippen LogP contribution in [0.4, 0.5) is 0 Å². The van der Waals surface area contributed by atoms with E-state index in [-0.39, 0.29) is 6.04 Å². The van der Waals surface area contributed by atoms with Crippen molar-refractivity contribution in [2.24, 2.45) is 5.84 Å². The molecule has 2 unspecified atom stereocenters. The highest BCUT2D eigenvalue weighted by atomic mass is 15.2. The van der Waals surface area contributed by atoms with Crippen LogP contribution in [0.1, 0.15) is 46.2 Å². The summed E-state index contributed by atoms with van der Waals surface area (Å²) >= 11 is 0. The molecular formula is C18H22N2. The molecular weight excluding hydrogens is 244 g/mol. The zero-order valence-corrected chi connectivity index (χ0v) is 12.2. The summed E-state index contributed by atoms with van der Waals surface area (Å²) < 4.78 is 0. The monoisotopic (exact) mass is 266 g/mol. The number of hydrazine groups is 1. The van der Waals surface area contributed by atoms with Gasteiger partial charge in [-0.3, -0.25) is 11.3 Å². The van der Waals surface area contributed by atoms with Crippen molar-refractivity contribution in [3.63, 3.8) is 0 Å². The minimum Gasteiger partial charge on any atom is -0.271 e. The molecule has 2 atom stereocenters. The normalized spacial score (nSPS) is 18.2. The zero-order chi connectivity index (χ0) is 14.1. The lowest BCUT2D eigenvalue weighted by Crippen LogP contribution is -2.32. The van der Waals surface area contributed by atoms with Crippen LogP contribution < -0.4 is 11.3 Å². The first-order valence-corrected chi connectivity index (χ1v) is 7.30. The van der Waals surface area contributed by atoms with Crippen molar-refractivity contribution in [2.75, 3.05) is 0 Å². The third-order valence-corrected chi connectivity index (χ3v) is 4.57. The van der Waals surface area contributed by atoms with E-state index >= 15 is 0 Å². The molecule has 0 aliphatic heterocycles. The van der Waals surface area contributed by atoms with Crippen LogP contribution in [0.3, 0.4) is 0 Å². The fourth-order valence-corrected chi connectivity index (χ4v) is 3.50. The third-order valence-electron chi connectivity index (χ3n) is 4.57. The maximum atomic E-state index is 5.84. The maximum absolute atomic E-state index is 5.84. The Morgan fingerprint density at radius 1 is 1.10 bits per heavy atom. The molecule has 0 saturated carbocycles. The smallest absolute Gasteiger partial charge is 0.0471 e. The van der Waals surface area contributed by atoms with Gasteiger partial charge in [0.2, 0.25) is 0 Å².